The summed E-state index contributed by atoms with van der Waals surface area (Å²) in [4.78, 5) is 23.1. The first kappa shape index (κ1) is 14.0. The molecule has 1 saturated carbocycles. The van der Waals surface area contributed by atoms with Crippen LogP contribution in [0, 0.1) is 11.8 Å². The van der Waals surface area contributed by atoms with Crippen LogP contribution >= 0.6 is 0 Å². The van der Waals surface area contributed by atoms with Gasteiger partial charge < -0.3 is 16.2 Å². The smallest absolute Gasteiger partial charge is 0.326 e. The molecule has 0 bridgehead atoms. The zero-order valence-corrected chi connectivity index (χ0v) is 10.7. The van der Waals surface area contributed by atoms with E-state index >= 15 is 0 Å². The molecule has 5 nitrogen and oxygen atoms in total. The van der Waals surface area contributed by atoms with Gasteiger partial charge in [-0.05, 0) is 31.6 Å². The maximum Gasteiger partial charge on any atom is 0.326 e. The van der Waals surface area contributed by atoms with E-state index in [9.17, 15) is 9.59 Å². The van der Waals surface area contributed by atoms with Crippen molar-refractivity contribution in [1.82, 2.24) is 5.32 Å². The summed E-state index contributed by atoms with van der Waals surface area (Å²) in [6.07, 6.45) is 2.59. The van der Waals surface area contributed by atoms with Crippen molar-refractivity contribution in [2.75, 3.05) is 0 Å². The number of nitrogens with one attached hydrogen (secondary N) is 1. The lowest BCUT2D eigenvalue weighted by Gasteiger charge is -2.27. The Kier molecular flexibility index (Phi) is 4.14. The van der Waals surface area contributed by atoms with Gasteiger partial charge in [-0.15, -0.1) is 0 Å². The van der Waals surface area contributed by atoms with E-state index in [1.807, 2.05) is 13.8 Å². The summed E-state index contributed by atoms with van der Waals surface area (Å²) >= 11 is 0. The molecule has 1 aliphatic rings. The van der Waals surface area contributed by atoms with Gasteiger partial charge in [-0.25, -0.2) is 4.79 Å². The molecule has 17 heavy (non-hydrogen) atoms. The fourth-order valence-electron chi connectivity index (χ4n) is 1.85. The van der Waals surface area contributed by atoms with Crippen LogP contribution in [0.15, 0.2) is 0 Å². The van der Waals surface area contributed by atoms with Gasteiger partial charge in [0, 0.05) is 0 Å². The summed E-state index contributed by atoms with van der Waals surface area (Å²) in [5, 5.41) is 11.7. The molecule has 1 fully saturated rings. The lowest BCUT2D eigenvalue weighted by Crippen LogP contribution is -2.58. The fraction of sp³-hybridized carbons (Fsp3) is 0.833. The number of aliphatic carboxylic acids is 1. The second-order valence-corrected chi connectivity index (χ2v) is 5.23. The van der Waals surface area contributed by atoms with E-state index in [2.05, 4.69) is 5.32 Å². The lowest BCUT2D eigenvalue weighted by molar-refractivity contribution is -0.144. The molecule has 0 saturated heterocycles. The highest BCUT2D eigenvalue weighted by Gasteiger charge is 2.45. The van der Waals surface area contributed by atoms with Crippen molar-refractivity contribution in [2.24, 2.45) is 17.6 Å². The zero-order chi connectivity index (χ0) is 13.2. The van der Waals surface area contributed by atoms with Crippen LogP contribution in [-0.2, 0) is 9.59 Å². The molecule has 0 aromatic heterocycles. The Labute approximate surface area is 102 Å². The summed E-state index contributed by atoms with van der Waals surface area (Å²) in [7, 11) is 0. The van der Waals surface area contributed by atoms with Gasteiger partial charge in [-0.1, -0.05) is 20.3 Å². The van der Waals surface area contributed by atoms with Gasteiger partial charge in [0.15, 0.2) is 0 Å². The van der Waals surface area contributed by atoms with Crippen LogP contribution in [0.2, 0.25) is 0 Å². The molecule has 0 spiro atoms. The molecule has 1 rings (SSSR count). The molecule has 4 N–H and O–H groups in total. The van der Waals surface area contributed by atoms with E-state index < -0.39 is 17.6 Å². The number of hydrogen-bond acceptors (Lipinski definition) is 3. The average Bonchev–Trinajstić information content (AvgIpc) is 3.07. The van der Waals surface area contributed by atoms with Crippen molar-refractivity contribution in [1.29, 1.82) is 0 Å². The van der Waals surface area contributed by atoms with Crippen molar-refractivity contribution in [2.45, 2.75) is 51.6 Å². The number of carboxylic acid groups (broad SMARTS) is 1. The van der Waals surface area contributed by atoms with Gasteiger partial charge in [-0.3, -0.25) is 4.79 Å². The average molecular weight is 242 g/mol. The SMILES string of the molecule is CCC(C)C(NC(=O)C(C)(N)C1CC1)C(=O)O. The quantitative estimate of drug-likeness (QED) is 0.640. The minimum Gasteiger partial charge on any atom is -0.480 e. The van der Waals surface area contributed by atoms with Gasteiger partial charge in [0.1, 0.15) is 6.04 Å². The van der Waals surface area contributed by atoms with Crippen molar-refractivity contribution in [3.63, 3.8) is 0 Å². The van der Waals surface area contributed by atoms with Crippen molar-refractivity contribution < 1.29 is 14.7 Å². The van der Waals surface area contributed by atoms with Crippen LogP contribution in [0.3, 0.4) is 0 Å². The molecule has 0 aliphatic heterocycles. The third-order valence-corrected chi connectivity index (χ3v) is 3.68. The Morgan fingerprint density at radius 3 is 2.41 bits per heavy atom. The highest BCUT2D eigenvalue weighted by Crippen LogP contribution is 2.38. The number of carbonyl (C=O) groups excluding carboxylic acids is 1. The fourth-order valence-corrected chi connectivity index (χ4v) is 1.85. The highest BCUT2D eigenvalue weighted by atomic mass is 16.4. The number of amides is 1. The summed E-state index contributed by atoms with van der Waals surface area (Å²) in [5.41, 5.74) is 5.01. The standard InChI is InChI=1S/C12H22N2O3/c1-4-7(2)9(10(15)16)14-11(17)12(3,13)8-5-6-8/h7-9H,4-6,13H2,1-3H3,(H,14,17)(H,15,16). The first-order valence-corrected chi connectivity index (χ1v) is 6.13. The largest absolute Gasteiger partial charge is 0.480 e. The maximum absolute atomic E-state index is 12.0. The number of carbonyl (C=O) groups is 2. The van der Waals surface area contributed by atoms with Gasteiger partial charge in [-0.2, -0.15) is 0 Å². The van der Waals surface area contributed by atoms with E-state index in [1.165, 1.54) is 0 Å². The Hall–Kier alpha value is -1.10. The molecule has 5 heteroatoms. The van der Waals surface area contributed by atoms with E-state index in [0.717, 1.165) is 12.8 Å². The van der Waals surface area contributed by atoms with Crippen molar-refractivity contribution in [3.8, 4) is 0 Å². The highest BCUT2D eigenvalue weighted by molar-refractivity contribution is 5.90. The Bertz CT molecular complexity index is 311. The minimum absolute atomic E-state index is 0.105. The van der Waals surface area contributed by atoms with Crippen molar-refractivity contribution >= 4 is 11.9 Å². The van der Waals surface area contributed by atoms with Gasteiger partial charge in [0.25, 0.3) is 0 Å². The molecule has 1 aliphatic carbocycles. The summed E-state index contributed by atoms with van der Waals surface area (Å²) in [6, 6.07) is -0.853. The molecule has 0 heterocycles. The predicted octanol–water partition coefficient (Wildman–Crippen LogP) is 0.729. The van der Waals surface area contributed by atoms with Gasteiger partial charge in [0.2, 0.25) is 5.91 Å². The van der Waals surface area contributed by atoms with Crippen molar-refractivity contribution in [3.05, 3.63) is 0 Å². The summed E-state index contributed by atoms with van der Waals surface area (Å²) < 4.78 is 0. The molecule has 3 unspecified atom stereocenters. The van der Waals surface area contributed by atoms with Crippen LogP contribution < -0.4 is 11.1 Å². The van der Waals surface area contributed by atoms with Crippen LogP contribution in [0.5, 0.6) is 0 Å². The number of carboxylic acids is 1. The molecule has 0 aromatic carbocycles. The van der Waals surface area contributed by atoms with Crippen LogP contribution in [-0.4, -0.2) is 28.6 Å². The van der Waals surface area contributed by atoms with Crippen LogP contribution in [0.1, 0.15) is 40.0 Å². The first-order chi connectivity index (χ1) is 7.80. The number of hydrogen-bond donors (Lipinski definition) is 3. The first-order valence-electron chi connectivity index (χ1n) is 6.13. The Morgan fingerprint density at radius 1 is 1.53 bits per heavy atom. The molecule has 0 aromatic rings. The maximum atomic E-state index is 12.0. The predicted molar refractivity (Wildman–Crippen MR) is 64.3 cm³/mol. The lowest BCUT2D eigenvalue weighted by atomic mass is 9.93. The third kappa shape index (κ3) is 3.19. The monoisotopic (exact) mass is 242 g/mol. The Balaban J connectivity index is 2.66. The third-order valence-electron chi connectivity index (χ3n) is 3.68. The van der Waals surface area contributed by atoms with Crippen LogP contribution in [0.25, 0.3) is 0 Å². The van der Waals surface area contributed by atoms with Gasteiger partial charge in [0.05, 0.1) is 5.54 Å². The number of nitrogens with two attached hydrogens (primary N) is 1. The van der Waals surface area contributed by atoms with E-state index in [1.54, 1.807) is 6.92 Å². The summed E-state index contributed by atoms with van der Waals surface area (Å²) in [5.74, 6) is -1.27. The minimum atomic E-state index is -1.00. The molecule has 98 valence electrons. The van der Waals surface area contributed by atoms with Gasteiger partial charge >= 0.3 is 5.97 Å². The van der Waals surface area contributed by atoms with E-state index in [0.29, 0.717) is 6.42 Å². The Morgan fingerprint density at radius 2 is 2.06 bits per heavy atom. The van der Waals surface area contributed by atoms with Crippen LogP contribution in [0.4, 0.5) is 0 Å². The molecular formula is C12H22N2O3. The number of rotatable bonds is 6. The topological polar surface area (TPSA) is 92.4 Å². The van der Waals surface area contributed by atoms with E-state index in [-0.39, 0.29) is 17.7 Å². The molecular weight excluding hydrogens is 220 g/mol. The second-order valence-electron chi connectivity index (χ2n) is 5.23. The second kappa shape index (κ2) is 5.04. The molecule has 1 amide bonds. The normalized spacial score (nSPS) is 22.4. The zero-order valence-electron chi connectivity index (χ0n) is 10.7. The summed E-state index contributed by atoms with van der Waals surface area (Å²) in [6.45, 7) is 5.38. The molecule has 3 atom stereocenters. The molecule has 0 radical (unpaired) electrons. The van der Waals surface area contributed by atoms with E-state index in [4.69, 9.17) is 10.8 Å².